The Bertz CT molecular complexity index is 555. The lowest BCUT2D eigenvalue weighted by molar-refractivity contribution is 0.104. The zero-order chi connectivity index (χ0) is 12.3. The first kappa shape index (κ1) is 12.7. The van der Waals surface area contributed by atoms with Gasteiger partial charge in [-0.1, -0.05) is 15.9 Å². The van der Waals surface area contributed by atoms with Crippen LogP contribution < -0.4 is 0 Å². The summed E-state index contributed by atoms with van der Waals surface area (Å²) >= 11 is 8.32. The van der Waals surface area contributed by atoms with Gasteiger partial charge in [0.25, 0.3) is 0 Å². The zero-order valence-corrected chi connectivity index (χ0v) is 12.7. The molecule has 0 fully saturated rings. The number of hydrogen-bond acceptors (Lipinski definition) is 2. The summed E-state index contributed by atoms with van der Waals surface area (Å²) in [6.45, 7) is 0. The van der Waals surface area contributed by atoms with Crippen molar-refractivity contribution in [3.05, 3.63) is 61.2 Å². The molecule has 0 amide bonds. The SMILES string of the molecule is O=C(/C=C/c1ccc(Br)s1)c1ccc(Br)cc1. The molecular formula is C13H8Br2OS. The van der Waals surface area contributed by atoms with Crippen LogP contribution in [0.1, 0.15) is 15.2 Å². The second kappa shape index (κ2) is 5.76. The number of halogens is 2. The Hall–Kier alpha value is -0.710. The van der Waals surface area contributed by atoms with Gasteiger partial charge in [0.1, 0.15) is 0 Å². The van der Waals surface area contributed by atoms with E-state index in [9.17, 15) is 4.79 Å². The third-order valence-electron chi connectivity index (χ3n) is 2.12. The molecule has 4 heteroatoms. The number of benzene rings is 1. The van der Waals surface area contributed by atoms with Crippen molar-refractivity contribution in [1.29, 1.82) is 0 Å². The van der Waals surface area contributed by atoms with Crippen molar-refractivity contribution in [2.45, 2.75) is 0 Å². The van der Waals surface area contributed by atoms with E-state index in [-0.39, 0.29) is 5.78 Å². The van der Waals surface area contributed by atoms with Gasteiger partial charge >= 0.3 is 0 Å². The highest BCUT2D eigenvalue weighted by molar-refractivity contribution is 9.11. The lowest BCUT2D eigenvalue weighted by Crippen LogP contribution is -1.92. The highest BCUT2D eigenvalue weighted by Crippen LogP contribution is 2.23. The second-order valence-corrected chi connectivity index (χ2v) is 6.76. The van der Waals surface area contributed by atoms with Crippen LogP contribution in [-0.4, -0.2) is 5.78 Å². The van der Waals surface area contributed by atoms with Gasteiger partial charge in [-0.3, -0.25) is 4.79 Å². The molecule has 1 heterocycles. The summed E-state index contributed by atoms with van der Waals surface area (Å²) in [5, 5.41) is 0. The van der Waals surface area contributed by atoms with Gasteiger partial charge in [-0.25, -0.2) is 0 Å². The van der Waals surface area contributed by atoms with Crippen molar-refractivity contribution in [1.82, 2.24) is 0 Å². The van der Waals surface area contributed by atoms with Gasteiger partial charge < -0.3 is 0 Å². The lowest BCUT2D eigenvalue weighted by atomic mass is 10.1. The largest absolute Gasteiger partial charge is 0.289 e. The summed E-state index contributed by atoms with van der Waals surface area (Å²) in [4.78, 5) is 12.9. The van der Waals surface area contributed by atoms with E-state index < -0.39 is 0 Å². The smallest absolute Gasteiger partial charge is 0.185 e. The van der Waals surface area contributed by atoms with Crippen molar-refractivity contribution in [2.24, 2.45) is 0 Å². The molecule has 0 saturated heterocycles. The van der Waals surface area contributed by atoms with E-state index in [2.05, 4.69) is 31.9 Å². The molecule has 1 aromatic carbocycles. The van der Waals surface area contributed by atoms with Crippen molar-refractivity contribution in [3.63, 3.8) is 0 Å². The van der Waals surface area contributed by atoms with Gasteiger partial charge in [0.15, 0.2) is 5.78 Å². The van der Waals surface area contributed by atoms with Crippen LogP contribution in [0.2, 0.25) is 0 Å². The van der Waals surface area contributed by atoms with Gasteiger partial charge in [0.05, 0.1) is 3.79 Å². The van der Waals surface area contributed by atoms with Crippen LogP contribution in [0.15, 0.2) is 50.7 Å². The number of hydrogen-bond donors (Lipinski definition) is 0. The van der Waals surface area contributed by atoms with Crippen molar-refractivity contribution in [3.8, 4) is 0 Å². The van der Waals surface area contributed by atoms with E-state index in [1.807, 2.05) is 30.3 Å². The second-order valence-electron chi connectivity index (χ2n) is 3.35. The third-order valence-corrected chi connectivity index (χ3v) is 4.24. The predicted octanol–water partition coefficient (Wildman–Crippen LogP) is 5.17. The van der Waals surface area contributed by atoms with E-state index in [0.717, 1.165) is 13.1 Å². The number of thiophene rings is 1. The minimum absolute atomic E-state index is 0.0158. The van der Waals surface area contributed by atoms with E-state index in [0.29, 0.717) is 5.56 Å². The van der Waals surface area contributed by atoms with E-state index in [1.54, 1.807) is 29.5 Å². The first-order chi connectivity index (χ1) is 8.15. The van der Waals surface area contributed by atoms with E-state index in [1.165, 1.54) is 0 Å². The van der Waals surface area contributed by atoms with E-state index >= 15 is 0 Å². The highest BCUT2D eigenvalue weighted by Gasteiger charge is 2.01. The monoisotopic (exact) mass is 370 g/mol. The van der Waals surface area contributed by atoms with Gasteiger partial charge in [-0.2, -0.15) is 0 Å². The number of carbonyl (C=O) groups excluding carboxylic acids is 1. The van der Waals surface area contributed by atoms with Gasteiger partial charge in [0.2, 0.25) is 0 Å². The molecule has 1 aromatic heterocycles. The summed E-state index contributed by atoms with van der Waals surface area (Å²) in [7, 11) is 0. The molecular weight excluding hydrogens is 364 g/mol. The van der Waals surface area contributed by atoms with Gasteiger partial charge in [-0.05, 0) is 64.5 Å². The quantitative estimate of drug-likeness (QED) is 0.537. The summed E-state index contributed by atoms with van der Waals surface area (Å²) in [6.07, 6.45) is 3.43. The van der Waals surface area contributed by atoms with Crippen LogP contribution >= 0.6 is 43.2 Å². The Balaban J connectivity index is 2.11. The number of allylic oxidation sites excluding steroid dienone is 1. The molecule has 2 aromatic rings. The Labute approximate surface area is 120 Å². The highest BCUT2D eigenvalue weighted by atomic mass is 79.9. The summed E-state index contributed by atoms with van der Waals surface area (Å²) in [5.74, 6) is 0.0158. The summed E-state index contributed by atoms with van der Waals surface area (Å²) < 4.78 is 2.04. The molecule has 86 valence electrons. The van der Waals surface area contributed by atoms with Crippen LogP contribution in [0.5, 0.6) is 0 Å². The molecule has 0 radical (unpaired) electrons. The molecule has 0 spiro atoms. The maximum Gasteiger partial charge on any atom is 0.185 e. The first-order valence-electron chi connectivity index (χ1n) is 4.88. The Morgan fingerprint density at radius 1 is 1.06 bits per heavy atom. The van der Waals surface area contributed by atoms with E-state index in [4.69, 9.17) is 0 Å². The average Bonchev–Trinajstić information content (AvgIpc) is 2.73. The third kappa shape index (κ3) is 3.63. The molecule has 0 aliphatic carbocycles. The Morgan fingerprint density at radius 3 is 2.35 bits per heavy atom. The number of carbonyl (C=O) groups is 1. The van der Waals surface area contributed by atoms with Crippen LogP contribution in [-0.2, 0) is 0 Å². The average molecular weight is 372 g/mol. The molecule has 0 N–H and O–H groups in total. The number of rotatable bonds is 3. The van der Waals surface area contributed by atoms with Gasteiger partial charge in [-0.15, -0.1) is 11.3 Å². The molecule has 0 aliphatic rings. The molecule has 0 bridgehead atoms. The summed E-state index contributed by atoms with van der Waals surface area (Å²) in [5.41, 5.74) is 0.695. The Kier molecular flexibility index (Phi) is 4.31. The fraction of sp³-hybridized carbons (Fsp3) is 0. The lowest BCUT2D eigenvalue weighted by Gasteiger charge is -1.95. The molecule has 0 atom stereocenters. The summed E-state index contributed by atoms with van der Waals surface area (Å²) in [6, 6.07) is 11.3. The van der Waals surface area contributed by atoms with Crippen LogP contribution in [0.25, 0.3) is 6.08 Å². The zero-order valence-electron chi connectivity index (χ0n) is 8.69. The number of ketones is 1. The van der Waals surface area contributed by atoms with Crippen molar-refractivity contribution < 1.29 is 4.79 Å². The minimum atomic E-state index is 0.0158. The topological polar surface area (TPSA) is 17.1 Å². The minimum Gasteiger partial charge on any atom is -0.289 e. The maximum atomic E-state index is 11.8. The van der Waals surface area contributed by atoms with Crippen LogP contribution in [0.4, 0.5) is 0 Å². The van der Waals surface area contributed by atoms with Gasteiger partial charge in [0, 0.05) is 14.9 Å². The molecule has 0 aliphatic heterocycles. The first-order valence-corrected chi connectivity index (χ1v) is 7.29. The fourth-order valence-electron chi connectivity index (χ4n) is 1.29. The predicted molar refractivity (Wildman–Crippen MR) is 79.5 cm³/mol. The van der Waals surface area contributed by atoms with Crippen molar-refractivity contribution in [2.75, 3.05) is 0 Å². The van der Waals surface area contributed by atoms with Crippen LogP contribution in [0.3, 0.4) is 0 Å². The molecule has 0 saturated carbocycles. The maximum absolute atomic E-state index is 11.8. The fourth-order valence-corrected chi connectivity index (χ4v) is 2.88. The molecule has 1 nitrogen and oxygen atoms in total. The molecule has 0 unspecified atom stereocenters. The van der Waals surface area contributed by atoms with Crippen molar-refractivity contribution >= 4 is 55.1 Å². The normalized spacial score (nSPS) is 10.9. The molecule has 17 heavy (non-hydrogen) atoms. The molecule has 2 rings (SSSR count). The Morgan fingerprint density at radius 2 is 1.76 bits per heavy atom. The standard InChI is InChI=1S/C13H8Br2OS/c14-10-3-1-9(2-4-10)12(16)7-5-11-6-8-13(15)17-11/h1-8H/b7-5+. The van der Waals surface area contributed by atoms with Crippen LogP contribution in [0, 0.1) is 0 Å².